The van der Waals surface area contributed by atoms with E-state index >= 15 is 0 Å². The van der Waals surface area contributed by atoms with Gasteiger partial charge in [-0.25, -0.2) is 0 Å². The summed E-state index contributed by atoms with van der Waals surface area (Å²) < 4.78 is 43.1. The number of amides is 1. The summed E-state index contributed by atoms with van der Waals surface area (Å²) >= 11 is 13.8. The molecule has 4 rings (SSSR count). The number of nitrogens with zero attached hydrogens (tertiary/aromatic N) is 1. The zero-order chi connectivity index (χ0) is 24.5. The second-order valence-electron chi connectivity index (χ2n) is 7.35. The summed E-state index contributed by atoms with van der Waals surface area (Å²) in [6.07, 6.45) is -2.25. The van der Waals surface area contributed by atoms with Crippen LogP contribution < -0.4 is 10.8 Å². The third-order valence-electron chi connectivity index (χ3n) is 5.06. The number of hydrogen-bond acceptors (Lipinski definition) is 4. The van der Waals surface area contributed by atoms with Gasteiger partial charge in [-0.1, -0.05) is 35.3 Å². The molecule has 0 spiro atoms. The Hall–Kier alpha value is -2.34. The van der Waals surface area contributed by atoms with Crippen LogP contribution in [0.1, 0.15) is 27.2 Å². The molecule has 2 N–H and O–H groups in total. The largest absolute Gasteiger partial charge is 0.428 e. The van der Waals surface area contributed by atoms with E-state index in [1.165, 1.54) is 18.2 Å². The second kappa shape index (κ2) is 9.73. The zero-order valence-corrected chi connectivity index (χ0v) is 20.8. The summed E-state index contributed by atoms with van der Waals surface area (Å²) in [7, 11) is 0. The number of pyridine rings is 1. The molecule has 0 aliphatic carbocycles. The zero-order valence-electron chi connectivity index (χ0n) is 17.1. The van der Waals surface area contributed by atoms with Crippen LogP contribution in [0.5, 0.6) is 0 Å². The third-order valence-corrected chi connectivity index (χ3v) is 6.39. The number of nitrogens with one attached hydrogen (secondary N) is 2. The lowest BCUT2D eigenvalue weighted by molar-refractivity contribution is -0.269. The first-order valence-corrected chi connectivity index (χ1v) is 11.6. The van der Waals surface area contributed by atoms with Crippen LogP contribution in [-0.4, -0.2) is 17.1 Å². The Balaban J connectivity index is 1.61. The summed E-state index contributed by atoms with van der Waals surface area (Å²) in [4.78, 5) is 21.8. The van der Waals surface area contributed by atoms with Gasteiger partial charge in [-0.3, -0.25) is 20.1 Å². The smallest absolute Gasteiger partial charge is 0.346 e. The number of aromatic nitrogens is 1. The van der Waals surface area contributed by atoms with Crippen LogP contribution in [0, 0.1) is 3.57 Å². The van der Waals surface area contributed by atoms with Crippen molar-refractivity contribution in [3.8, 4) is 0 Å². The summed E-state index contributed by atoms with van der Waals surface area (Å²) in [6.45, 7) is 0.244. The van der Waals surface area contributed by atoms with Gasteiger partial charge in [-0.05, 0) is 71.1 Å². The van der Waals surface area contributed by atoms with E-state index < -0.39 is 11.8 Å². The van der Waals surface area contributed by atoms with E-state index in [9.17, 15) is 18.0 Å². The molecule has 11 heteroatoms. The first kappa shape index (κ1) is 24.8. The van der Waals surface area contributed by atoms with Gasteiger partial charge in [0, 0.05) is 30.9 Å². The molecular formula is C23H15Cl2F3IN3O2. The number of rotatable bonds is 5. The minimum atomic E-state index is -4.81. The van der Waals surface area contributed by atoms with Gasteiger partial charge in [0.15, 0.2) is 0 Å². The van der Waals surface area contributed by atoms with E-state index in [0.29, 0.717) is 20.4 Å². The lowest BCUT2D eigenvalue weighted by atomic mass is 9.91. The first-order chi connectivity index (χ1) is 16.1. The van der Waals surface area contributed by atoms with Gasteiger partial charge in [0.25, 0.3) is 5.91 Å². The van der Waals surface area contributed by atoms with Gasteiger partial charge in [0.05, 0.1) is 23.5 Å². The fourth-order valence-electron chi connectivity index (χ4n) is 3.39. The van der Waals surface area contributed by atoms with E-state index in [-0.39, 0.29) is 33.8 Å². The van der Waals surface area contributed by atoms with Crippen molar-refractivity contribution < 1.29 is 22.8 Å². The lowest BCUT2D eigenvalue weighted by Crippen LogP contribution is -2.42. The van der Waals surface area contributed by atoms with Gasteiger partial charge in [-0.2, -0.15) is 13.2 Å². The fourth-order valence-corrected chi connectivity index (χ4v) is 4.68. The molecule has 1 aliphatic rings. The maximum atomic E-state index is 14.2. The number of carbonyl (C=O) groups excluding carboxylic acids is 1. The molecule has 2 aromatic carbocycles. The number of alkyl halides is 3. The highest BCUT2D eigenvalue weighted by molar-refractivity contribution is 14.1. The molecule has 5 nitrogen and oxygen atoms in total. The van der Waals surface area contributed by atoms with E-state index in [2.05, 4.69) is 15.8 Å². The summed E-state index contributed by atoms with van der Waals surface area (Å²) in [5.41, 5.74) is 0.893. The molecule has 1 atom stereocenters. The van der Waals surface area contributed by atoms with Gasteiger partial charge in [0.1, 0.15) is 0 Å². The monoisotopic (exact) mass is 619 g/mol. The number of benzene rings is 2. The van der Waals surface area contributed by atoms with E-state index in [1.807, 2.05) is 28.7 Å². The average Bonchev–Trinajstić information content (AvgIpc) is 3.25. The van der Waals surface area contributed by atoms with Gasteiger partial charge in [-0.15, -0.1) is 0 Å². The Kier molecular flexibility index (Phi) is 7.09. The first-order valence-electron chi connectivity index (χ1n) is 9.77. The van der Waals surface area contributed by atoms with Crippen molar-refractivity contribution in [3.63, 3.8) is 0 Å². The molecular weight excluding hydrogens is 605 g/mol. The number of hydrogen-bond donors (Lipinski definition) is 2. The highest BCUT2D eigenvalue weighted by Gasteiger charge is 2.59. The normalized spacial score (nSPS) is 17.8. The van der Waals surface area contributed by atoms with Crippen molar-refractivity contribution in [2.24, 2.45) is 0 Å². The predicted octanol–water partition coefficient (Wildman–Crippen LogP) is 6.26. The van der Waals surface area contributed by atoms with Crippen LogP contribution in [0.4, 0.5) is 13.2 Å². The topological polar surface area (TPSA) is 63.2 Å². The van der Waals surface area contributed by atoms with E-state index in [0.717, 1.165) is 18.2 Å². The summed E-state index contributed by atoms with van der Waals surface area (Å²) in [5, 5.41) is 2.87. The molecule has 0 saturated carbocycles. The van der Waals surface area contributed by atoms with Crippen LogP contribution in [-0.2, 0) is 17.0 Å². The molecule has 0 radical (unpaired) electrons. The van der Waals surface area contributed by atoms with Crippen molar-refractivity contribution in [2.45, 2.75) is 18.3 Å². The summed E-state index contributed by atoms with van der Waals surface area (Å²) in [6, 6.07) is 13.7. The van der Waals surface area contributed by atoms with Crippen molar-refractivity contribution in [2.75, 3.05) is 0 Å². The molecule has 34 heavy (non-hydrogen) atoms. The average molecular weight is 620 g/mol. The molecule has 176 valence electrons. The molecule has 3 aromatic rings. The number of halogens is 6. The van der Waals surface area contributed by atoms with Gasteiger partial charge in [0.2, 0.25) is 5.60 Å². The summed E-state index contributed by atoms with van der Waals surface area (Å²) in [5.74, 6) is -0.329. The Morgan fingerprint density at radius 3 is 2.47 bits per heavy atom. The minimum absolute atomic E-state index is 0.0483. The Morgan fingerprint density at radius 2 is 1.85 bits per heavy atom. The molecule has 2 heterocycles. The Morgan fingerprint density at radius 1 is 1.12 bits per heavy atom. The molecule has 0 fully saturated rings. The molecule has 0 saturated heterocycles. The fraction of sp³-hybridized carbons (Fsp3) is 0.130. The van der Waals surface area contributed by atoms with Gasteiger partial charge < -0.3 is 5.32 Å². The maximum absolute atomic E-state index is 14.2. The van der Waals surface area contributed by atoms with Crippen LogP contribution in [0.2, 0.25) is 10.0 Å². The highest BCUT2D eigenvalue weighted by Crippen LogP contribution is 2.48. The third kappa shape index (κ3) is 5.02. The van der Waals surface area contributed by atoms with Crippen LogP contribution >= 0.6 is 45.8 Å². The van der Waals surface area contributed by atoms with Crippen LogP contribution in [0.15, 0.2) is 66.9 Å². The van der Waals surface area contributed by atoms with E-state index in [4.69, 9.17) is 28.0 Å². The Bertz CT molecular complexity index is 1250. The van der Waals surface area contributed by atoms with Crippen molar-refractivity contribution in [1.29, 1.82) is 0 Å². The van der Waals surface area contributed by atoms with Crippen molar-refractivity contribution in [3.05, 3.63) is 103 Å². The van der Waals surface area contributed by atoms with Crippen molar-refractivity contribution in [1.82, 2.24) is 15.8 Å². The molecule has 1 amide bonds. The van der Waals surface area contributed by atoms with Gasteiger partial charge >= 0.3 is 6.18 Å². The SMILES string of the molecule is O=C(NCc1ccccn1)c1ccc(C2=CC(c3cc(Cl)cc(Cl)c3)(C(F)(F)F)ON2)cc1I. The van der Waals surface area contributed by atoms with Crippen LogP contribution in [0.3, 0.4) is 0 Å². The molecule has 1 aromatic heterocycles. The maximum Gasteiger partial charge on any atom is 0.428 e. The Labute approximate surface area is 216 Å². The predicted molar refractivity (Wildman–Crippen MR) is 131 cm³/mol. The molecule has 1 unspecified atom stereocenters. The molecule has 1 aliphatic heterocycles. The number of carbonyl (C=O) groups is 1. The standard InChI is InChI=1S/C23H15Cl2F3IN3O2/c24-15-8-14(9-16(25)10-15)22(23(26,27)28)11-20(32-34-22)13-4-5-18(19(29)7-13)21(33)31-12-17-3-1-2-6-30-17/h1-11,32H,12H2,(H,31,33). The second-order valence-corrected chi connectivity index (χ2v) is 9.39. The number of hydroxylamine groups is 1. The molecule has 0 bridgehead atoms. The highest BCUT2D eigenvalue weighted by atomic mass is 127. The van der Waals surface area contributed by atoms with Crippen molar-refractivity contribution >= 4 is 57.4 Å². The minimum Gasteiger partial charge on any atom is -0.346 e. The van der Waals surface area contributed by atoms with Crippen LogP contribution in [0.25, 0.3) is 5.70 Å². The quantitative estimate of drug-likeness (QED) is 0.331. The van der Waals surface area contributed by atoms with E-state index in [1.54, 1.807) is 24.4 Å². The lowest BCUT2D eigenvalue weighted by Gasteiger charge is -2.28.